The van der Waals surface area contributed by atoms with Gasteiger partial charge in [-0.25, -0.2) is 15.0 Å². The summed E-state index contributed by atoms with van der Waals surface area (Å²) in [6.45, 7) is 5.38. The van der Waals surface area contributed by atoms with E-state index in [0.29, 0.717) is 30.1 Å². The summed E-state index contributed by atoms with van der Waals surface area (Å²) in [4.78, 5) is 68.7. The zero-order valence-corrected chi connectivity index (χ0v) is 31.8. The number of likely N-dealkylation sites (tertiary alicyclic amines) is 2. The normalized spacial score (nSPS) is 17.0. The zero-order chi connectivity index (χ0) is 39.0. The first-order valence-corrected chi connectivity index (χ1v) is 19.6. The van der Waals surface area contributed by atoms with Crippen LogP contribution in [0.5, 0.6) is 0 Å². The van der Waals surface area contributed by atoms with Gasteiger partial charge in [0, 0.05) is 36.0 Å². The number of carbonyl (C=O) groups is 3. The summed E-state index contributed by atoms with van der Waals surface area (Å²) in [7, 11) is 0. The second kappa shape index (κ2) is 15.1. The molecule has 0 spiro atoms. The molecule has 288 valence electrons. The van der Waals surface area contributed by atoms with Gasteiger partial charge in [-0.2, -0.15) is 5.10 Å². The lowest BCUT2D eigenvalue weighted by Crippen LogP contribution is -2.40. The zero-order valence-electron chi connectivity index (χ0n) is 31.8. The molecule has 2 aliphatic heterocycles. The van der Waals surface area contributed by atoms with Gasteiger partial charge in [-0.15, -0.1) is 0 Å². The molecule has 3 amide bonds. The second-order valence-corrected chi connectivity index (χ2v) is 15.3. The second-order valence-electron chi connectivity index (χ2n) is 15.3. The van der Waals surface area contributed by atoms with Gasteiger partial charge < -0.3 is 25.1 Å². The Morgan fingerprint density at radius 1 is 0.754 bits per heavy atom. The number of imidazole rings is 2. The fourth-order valence-corrected chi connectivity index (χ4v) is 8.09. The van der Waals surface area contributed by atoms with Crippen molar-refractivity contribution in [3.05, 3.63) is 103 Å². The third-order valence-electron chi connectivity index (χ3n) is 11.0. The van der Waals surface area contributed by atoms with Crippen LogP contribution >= 0.6 is 0 Å². The van der Waals surface area contributed by atoms with E-state index in [1.165, 1.54) is 0 Å². The Hall–Kier alpha value is -6.70. The molecule has 57 heavy (non-hydrogen) atoms. The van der Waals surface area contributed by atoms with Crippen LogP contribution in [-0.4, -0.2) is 87.3 Å². The van der Waals surface area contributed by atoms with E-state index in [2.05, 4.69) is 49.3 Å². The number of carbonyl (C=O) groups excluding carboxylic acids is 3. The highest BCUT2D eigenvalue weighted by molar-refractivity contribution is 6.05. The summed E-state index contributed by atoms with van der Waals surface area (Å²) >= 11 is 0. The lowest BCUT2D eigenvalue weighted by atomic mass is 10.1. The molecule has 14 heteroatoms. The third kappa shape index (κ3) is 7.14. The van der Waals surface area contributed by atoms with Crippen molar-refractivity contribution in [2.75, 3.05) is 19.6 Å². The Bertz CT molecular complexity index is 2610. The largest absolute Gasteiger partial charge is 0.342 e. The number of benzene rings is 3. The average Bonchev–Trinajstić information content (AvgIpc) is 4.08. The molecule has 0 saturated carbocycles. The highest BCUT2D eigenvalue weighted by atomic mass is 16.2. The maximum atomic E-state index is 13.3. The Morgan fingerprint density at radius 2 is 1.40 bits per heavy atom. The van der Waals surface area contributed by atoms with Gasteiger partial charge in [0.05, 0.1) is 70.9 Å². The van der Waals surface area contributed by atoms with Crippen molar-refractivity contribution in [1.82, 2.24) is 55.2 Å². The van der Waals surface area contributed by atoms with Gasteiger partial charge in [0.25, 0.3) is 5.91 Å². The Labute approximate surface area is 328 Å². The van der Waals surface area contributed by atoms with Crippen LogP contribution < -0.4 is 5.32 Å². The molecule has 0 radical (unpaired) electrons. The van der Waals surface area contributed by atoms with Crippen molar-refractivity contribution in [3.8, 4) is 33.8 Å². The number of nitrogens with zero attached hydrogens (tertiary/aromatic N) is 7. The minimum Gasteiger partial charge on any atom is -0.342 e. The quantitative estimate of drug-likeness (QED) is 0.118. The van der Waals surface area contributed by atoms with Gasteiger partial charge in [0.15, 0.2) is 5.69 Å². The molecule has 7 aromatic rings. The summed E-state index contributed by atoms with van der Waals surface area (Å²) in [5.74, 6) is 1.49. The van der Waals surface area contributed by atoms with Gasteiger partial charge in [-0.1, -0.05) is 62.4 Å². The van der Waals surface area contributed by atoms with Crippen molar-refractivity contribution in [2.24, 2.45) is 5.92 Å². The number of rotatable bonds is 10. The van der Waals surface area contributed by atoms with Gasteiger partial charge >= 0.3 is 0 Å². The Balaban J connectivity index is 0.846. The number of hydrogen-bond donors (Lipinski definition) is 4. The monoisotopic (exact) mass is 761 g/mol. The first kappa shape index (κ1) is 36.0. The maximum absolute atomic E-state index is 13.3. The van der Waals surface area contributed by atoms with Gasteiger partial charge in [-0.05, 0) is 55.4 Å². The van der Waals surface area contributed by atoms with Crippen LogP contribution in [0.1, 0.15) is 80.2 Å². The third-order valence-corrected chi connectivity index (χ3v) is 11.0. The van der Waals surface area contributed by atoms with Crippen molar-refractivity contribution in [1.29, 1.82) is 0 Å². The van der Waals surface area contributed by atoms with Crippen LogP contribution in [0.25, 0.3) is 55.7 Å². The molecule has 9 rings (SSSR count). The SMILES string of the molecule is CC(C)CC(=O)N1CCC[C@H]1c1ncc(-c2ccc(-c3cnc4cc(-c5cnc([C@@H]6CCCN6C(=O)CNC(=O)c6n[nH]c7ccccc67)[nH]5)ccc4n3)cc2)[nH]1. The van der Waals surface area contributed by atoms with E-state index in [0.717, 1.165) is 88.4 Å². The maximum Gasteiger partial charge on any atom is 0.272 e. The lowest BCUT2D eigenvalue weighted by molar-refractivity contribution is -0.133. The summed E-state index contributed by atoms with van der Waals surface area (Å²) in [5, 5.41) is 10.5. The first-order chi connectivity index (χ1) is 27.8. The number of hydrogen-bond acceptors (Lipinski definition) is 8. The molecule has 2 aliphatic rings. The smallest absolute Gasteiger partial charge is 0.272 e. The molecule has 2 saturated heterocycles. The van der Waals surface area contributed by atoms with Crippen LogP contribution in [0.4, 0.5) is 0 Å². The van der Waals surface area contributed by atoms with Crippen LogP contribution in [0.15, 0.2) is 85.3 Å². The molecule has 0 bridgehead atoms. The molecule has 0 unspecified atom stereocenters. The number of aromatic nitrogens is 8. The number of fused-ring (bicyclic) bond motifs is 2. The fourth-order valence-electron chi connectivity index (χ4n) is 8.09. The first-order valence-electron chi connectivity index (χ1n) is 19.6. The summed E-state index contributed by atoms with van der Waals surface area (Å²) in [5.41, 5.74) is 7.89. The molecule has 2 atom stereocenters. The molecule has 2 fully saturated rings. The minimum atomic E-state index is -0.399. The molecular weight excluding hydrogens is 719 g/mol. The number of aromatic amines is 3. The van der Waals surface area contributed by atoms with Gasteiger partial charge in [0.1, 0.15) is 11.6 Å². The number of nitrogens with one attached hydrogen (secondary N) is 4. The van der Waals surface area contributed by atoms with E-state index in [1.807, 2.05) is 77.8 Å². The minimum absolute atomic E-state index is 0.00995. The van der Waals surface area contributed by atoms with E-state index in [-0.39, 0.29) is 36.1 Å². The molecule has 4 aromatic heterocycles. The van der Waals surface area contributed by atoms with Crippen molar-refractivity contribution < 1.29 is 14.4 Å². The summed E-state index contributed by atoms with van der Waals surface area (Å²) in [6.07, 6.45) is 9.47. The molecule has 6 heterocycles. The van der Waals surface area contributed by atoms with E-state index in [9.17, 15) is 14.4 Å². The molecule has 3 aromatic carbocycles. The molecular formula is C43H43N11O3. The average molecular weight is 762 g/mol. The summed E-state index contributed by atoms with van der Waals surface area (Å²) in [6, 6.07) is 21.2. The van der Waals surface area contributed by atoms with Gasteiger partial charge in [-0.3, -0.25) is 24.5 Å². The number of H-pyrrole nitrogens is 3. The van der Waals surface area contributed by atoms with Crippen LogP contribution in [0, 0.1) is 5.92 Å². The van der Waals surface area contributed by atoms with Crippen molar-refractivity contribution >= 4 is 39.7 Å². The van der Waals surface area contributed by atoms with E-state index in [4.69, 9.17) is 9.97 Å². The fraction of sp³-hybridized carbons (Fsp3) is 0.302. The topological polar surface area (TPSA) is 182 Å². The van der Waals surface area contributed by atoms with E-state index in [1.54, 1.807) is 17.3 Å². The van der Waals surface area contributed by atoms with Crippen molar-refractivity contribution in [3.63, 3.8) is 0 Å². The molecule has 0 aliphatic carbocycles. The van der Waals surface area contributed by atoms with Crippen LogP contribution in [0.2, 0.25) is 0 Å². The molecule has 14 nitrogen and oxygen atoms in total. The van der Waals surface area contributed by atoms with E-state index >= 15 is 0 Å². The van der Waals surface area contributed by atoms with E-state index < -0.39 is 5.91 Å². The Kier molecular flexibility index (Phi) is 9.52. The Morgan fingerprint density at radius 3 is 2.12 bits per heavy atom. The highest BCUT2D eigenvalue weighted by Gasteiger charge is 2.33. The predicted molar refractivity (Wildman–Crippen MR) is 215 cm³/mol. The number of amides is 3. The highest BCUT2D eigenvalue weighted by Crippen LogP contribution is 2.34. The van der Waals surface area contributed by atoms with Gasteiger partial charge in [0.2, 0.25) is 11.8 Å². The lowest BCUT2D eigenvalue weighted by Gasteiger charge is -2.24. The summed E-state index contributed by atoms with van der Waals surface area (Å²) < 4.78 is 0. The number of para-hydroxylation sites is 1. The predicted octanol–water partition coefficient (Wildman–Crippen LogP) is 6.76. The van der Waals surface area contributed by atoms with Crippen LogP contribution in [-0.2, 0) is 9.59 Å². The molecule has 4 N–H and O–H groups in total. The van der Waals surface area contributed by atoms with Crippen molar-refractivity contribution in [2.45, 2.75) is 58.0 Å². The standard InChI is InChI=1S/C43H43N11O3/c1-25(2)19-38(55)53-17-5-9-36(53)41-45-22-34(49-41)27-13-11-26(12-14-27)33-21-44-32-20-28(15-16-31(32)48-33)35-23-46-42(50-35)37-10-6-18-54(37)39(56)24-47-43(57)40-29-7-3-4-8-30(29)51-52-40/h3-4,7-8,11-16,20-23,25,36-37H,5-6,9-10,17-19,24H2,1-2H3,(H,45,49)(H,46,50)(H,47,57)(H,51,52)/t36-,37-/m0/s1. The van der Waals surface area contributed by atoms with Crippen LogP contribution in [0.3, 0.4) is 0 Å².